The van der Waals surface area contributed by atoms with Crippen LogP contribution in [0.5, 0.6) is 5.75 Å². The number of benzene rings is 1. The Morgan fingerprint density at radius 3 is 3.00 bits per heavy atom. The summed E-state index contributed by atoms with van der Waals surface area (Å²) >= 11 is 0. The fourth-order valence-corrected chi connectivity index (χ4v) is 2.48. The highest BCUT2D eigenvalue weighted by molar-refractivity contribution is 5.69. The molecule has 1 aliphatic heterocycles. The third-order valence-electron chi connectivity index (χ3n) is 3.52. The van der Waals surface area contributed by atoms with Crippen LogP contribution in [0.3, 0.4) is 0 Å². The SMILES string of the molecule is CC(C)c1nc(-c2cccc3c2OCCC3)cc(=O)[nH]1. The molecule has 0 aliphatic carbocycles. The Morgan fingerprint density at radius 1 is 1.35 bits per heavy atom. The number of fused-ring (bicyclic) bond motifs is 1. The minimum Gasteiger partial charge on any atom is -0.493 e. The van der Waals surface area contributed by atoms with Crippen LogP contribution in [0.2, 0.25) is 0 Å². The van der Waals surface area contributed by atoms with Gasteiger partial charge >= 0.3 is 0 Å². The Hall–Kier alpha value is -2.10. The van der Waals surface area contributed by atoms with E-state index >= 15 is 0 Å². The van der Waals surface area contributed by atoms with Crippen molar-refractivity contribution in [3.63, 3.8) is 0 Å². The summed E-state index contributed by atoms with van der Waals surface area (Å²) < 4.78 is 5.80. The van der Waals surface area contributed by atoms with Crippen molar-refractivity contribution < 1.29 is 4.74 Å². The zero-order valence-corrected chi connectivity index (χ0v) is 11.8. The van der Waals surface area contributed by atoms with Crippen LogP contribution in [0.4, 0.5) is 0 Å². The molecule has 0 atom stereocenters. The highest BCUT2D eigenvalue weighted by Gasteiger charge is 2.17. The Bertz CT molecular complexity index is 689. The molecule has 0 saturated carbocycles. The number of nitrogens with zero attached hydrogens (tertiary/aromatic N) is 1. The number of hydrogen-bond acceptors (Lipinski definition) is 3. The van der Waals surface area contributed by atoms with E-state index in [4.69, 9.17) is 4.74 Å². The first kappa shape index (κ1) is 12.9. The molecule has 3 rings (SSSR count). The second-order valence-electron chi connectivity index (χ2n) is 5.42. The van der Waals surface area contributed by atoms with E-state index in [-0.39, 0.29) is 11.5 Å². The normalized spacial score (nSPS) is 13.9. The Labute approximate surface area is 117 Å². The predicted molar refractivity (Wildman–Crippen MR) is 78.2 cm³/mol. The standard InChI is InChI=1S/C16H18N2O2/c1-10(2)16-17-13(9-14(19)18-16)12-7-3-5-11-6-4-8-20-15(11)12/h3,5,7,9-10H,4,6,8H2,1-2H3,(H,17,18,19). The van der Waals surface area contributed by atoms with Gasteiger partial charge in [-0.2, -0.15) is 0 Å². The Balaban J connectivity index is 2.16. The molecule has 2 aromatic rings. The summed E-state index contributed by atoms with van der Waals surface area (Å²) in [4.78, 5) is 19.2. The lowest BCUT2D eigenvalue weighted by Gasteiger charge is -2.20. The Morgan fingerprint density at radius 2 is 2.20 bits per heavy atom. The van der Waals surface area contributed by atoms with Crippen LogP contribution in [0.1, 0.15) is 37.6 Å². The molecule has 1 N–H and O–H groups in total. The maximum atomic E-state index is 11.8. The Kier molecular flexibility index (Phi) is 3.30. The second-order valence-corrected chi connectivity index (χ2v) is 5.42. The van der Waals surface area contributed by atoms with Crippen LogP contribution in [-0.4, -0.2) is 16.6 Å². The number of aromatic amines is 1. The highest BCUT2D eigenvalue weighted by Crippen LogP contribution is 2.35. The molecular formula is C16H18N2O2. The van der Waals surface area contributed by atoms with Crippen molar-refractivity contribution in [3.8, 4) is 17.0 Å². The third-order valence-corrected chi connectivity index (χ3v) is 3.52. The van der Waals surface area contributed by atoms with Gasteiger partial charge in [-0.1, -0.05) is 26.0 Å². The number of nitrogens with one attached hydrogen (secondary N) is 1. The summed E-state index contributed by atoms with van der Waals surface area (Å²) in [7, 11) is 0. The van der Waals surface area contributed by atoms with Crippen LogP contribution in [0.15, 0.2) is 29.1 Å². The second kappa shape index (κ2) is 5.12. The van der Waals surface area contributed by atoms with Crippen LogP contribution in [0, 0.1) is 0 Å². The third kappa shape index (κ3) is 2.33. The summed E-state index contributed by atoms with van der Waals surface area (Å²) in [6, 6.07) is 7.59. The van der Waals surface area contributed by atoms with Crippen molar-refractivity contribution >= 4 is 0 Å². The van der Waals surface area contributed by atoms with Gasteiger partial charge < -0.3 is 9.72 Å². The lowest BCUT2D eigenvalue weighted by molar-refractivity contribution is 0.289. The van der Waals surface area contributed by atoms with Crippen LogP contribution >= 0.6 is 0 Å². The first-order valence-electron chi connectivity index (χ1n) is 7.01. The smallest absolute Gasteiger partial charge is 0.251 e. The number of hydrogen-bond donors (Lipinski definition) is 1. The maximum absolute atomic E-state index is 11.8. The molecule has 0 bridgehead atoms. The van der Waals surface area contributed by atoms with Crippen molar-refractivity contribution in [1.29, 1.82) is 0 Å². The van der Waals surface area contributed by atoms with Gasteiger partial charge in [0, 0.05) is 17.5 Å². The lowest BCUT2D eigenvalue weighted by Crippen LogP contribution is -2.14. The summed E-state index contributed by atoms with van der Waals surface area (Å²) in [6.07, 6.45) is 2.06. The van der Waals surface area contributed by atoms with Crippen molar-refractivity contribution in [1.82, 2.24) is 9.97 Å². The van der Waals surface area contributed by atoms with Gasteiger partial charge in [0.2, 0.25) is 0 Å². The van der Waals surface area contributed by atoms with E-state index in [1.165, 1.54) is 5.56 Å². The number of ether oxygens (including phenoxy) is 1. The molecule has 20 heavy (non-hydrogen) atoms. The molecule has 0 radical (unpaired) electrons. The topological polar surface area (TPSA) is 55.0 Å². The monoisotopic (exact) mass is 270 g/mol. The van der Waals surface area contributed by atoms with Crippen molar-refractivity contribution in [2.45, 2.75) is 32.6 Å². The zero-order chi connectivity index (χ0) is 14.1. The molecule has 2 heterocycles. The average Bonchev–Trinajstić information content (AvgIpc) is 2.46. The summed E-state index contributed by atoms with van der Waals surface area (Å²) in [6.45, 7) is 4.75. The minimum atomic E-state index is -0.118. The fraction of sp³-hybridized carbons (Fsp3) is 0.375. The quantitative estimate of drug-likeness (QED) is 0.913. The number of rotatable bonds is 2. The molecule has 104 valence electrons. The highest BCUT2D eigenvalue weighted by atomic mass is 16.5. The first-order valence-corrected chi connectivity index (χ1v) is 7.01. The maximum Gasteiger partial charge on any atom is 0.251 e. The van der Waals surface area contributed by atoms with E-state index in [9.17, 15) is 4.79 Å². The zero-order valence-electron chi connectivity index (χ0n) is 11.8. The van der Waals surface area contributed by atoms with Gasteiger partial charge in [-0.3, -0.25) is 4.79 Å². The predicted octanol–water partition coefficient (Wildman–Crippen LogP) is 2.89. The average molecular weight is 270 g/mol. The summed E-state index contributed by atoms with van der Waals surface area (Å²) in [5, 5.41) is 0. The molecule has 4 heteroatoms. The molecule has 0 spiro atoms. The van der Waals surface area contributed by atoms with Crippen LogP contribution in [-0.2, 0) is 6.42 Å². The largest absolute Gasteiger partial charge is 0.493 e. The van der Waals surface area contributed by atoms with E-state index in [2.05, 4.69) is 16.0 Å². The van der Waals surface area contributed by atoms with Crippen molar-refractivity contribution in [2.24, 2.45) is 0 Å². The molecule has 1 aromatic heterocycles. The van der Waals surface area contributed by atoms with Gasteiger partial charge in [0.15, 0.2) is 0 Å². The van der Waals surface area contributed by atoms with E-state index in [0.29, 0.717) is 11.5 Å². The minimum absolute atomic E-state index is 0.118. The van der Waals surface area contributed by atoms with Gasteiger partial charge in [-0.25, -0.2) is 4.98 Å². The van der Waals surface area contributed by atoms with Gasteiger partial charge in [0.1, 0.15) is 11.6 Å². The molecule has 0 saturated heterocycles. The molecule has 1 aliphatic rings. The van der Waals surface area contributed by atoms with Crippen molar-refractivity contribution in [3.05, 3.63) is 46.0 Å². The number of H-pyrrole nitrogens is 1. The van der Waals surface area contributed by atoms with Gasteiger partial charge in [0.25, 0.3) is 5.56 Å². The van der Waals surface area contributed by atoms with Crippen LogP contribution in [0.25, 0.3) is 11.3 Å². The lowest BCUT2D eigenvalue weighted by atomic mass is 10.0. The first-order chi connectivity index (χ1) is 9.65. The molecule has 1 aromatic carbocycles. The number of aryl methyl sites for hydroxylation is 1. The summed E-state index contributed by atoms with van der Waals surface area (Å²) in [5.41, 5.74) is 2.68. The van der Waals surface area contributed by atoms with Gasteiger partial charge in [-0.05, 0) is 24.5 Å². The van der Waals surface area contributed by atoms with Gasteiger partial charge in [-0.15, -0.1) is 0 Å². The van der Waals surface area contributed by atoms with E-state index in [1.54, 1.807) is 6.07 Å². The van der Waals surface area contributed by atoms with Gasteiger partial charge in [0.05, 0.1) is 12.3 Å². The van der Waals surface area contributed by atoms with E-state index in [1.807, 2.05) is 26.0 Å². The molecule has 4 nitrogen and oxygen atoms in total. The summed E-state index contributed by atoms with van der Waals surface area (Å²) in [5.74, 6) is 1.77. The van der Waals surface area contributed by atoms with Crippen LogP contribution < -0.4 is 10.3 Å². The van der Waals surface area contributed by atoms with Crippen molar-refractivity contribution in [2.75, 3.05) is 6.61 Å². The fourth-order valence-electron chi connectivity index (χ4n) is 2.48. The molecular weight excluding hydrogens is 252 g/mol. The molecule has 0 fully saturated rings. The van der Waals surface area contributed by atoms with E-state index in [0.717, 1.165) is 30.8 Å². The number of para-hydroxylation sites is 1. The molecule has 0 amide bonds. The molecule has 0 unspecified atom stereocenters. The van der Waals surface area contributed by atoms with E-state index < -0.39 is 0 Å². The number of aromatic nitrogens is 2.